The molecule has 7 heteroatoms. The van der Waals surface area contributed by atoms with E-state index in [1.807, 2.05) is 48.5 Å². The normalized spacial score (nSPS) is 11.3. The summed E-state index contributed by atoms with van der Waals surface area (Å²) < 4.78 is 2.05. The van der Waals surface area contributed by atoms with Gasteiger partial charge in [0, 0.05) is 30.7 Å². The molecular formula is C21H16N6O. The number of amides is 1. The van der Waals surface area contributed by atoms with Crippen LogP contribution in [0.3, 0.4) is 0 Å². The van der Waals surface area contributed by atoms with Crippen LogP contribution in [-0.4, -0.2) is 30.4 Å². The van der Waals surface area contributed by atoms with Crippen LogP contribution in [0.4, 0.5) is 5.95 Å². The van der Waals surface area contributed by atoms with E-state index in [0.717, 1.165) is 33.1 Å². The number of carbonyl (C=O) groups is 1. The Labute approximate surface area is 160 Å². The summed E-state index contributed by atoms with van der Waals surface area (Å²) in [6, 6.07) is 17.6. The van der Waals surface area contributed by atoms with Crippen molar-refractivity contribution in [3.8, 4) is 0 Å². The van der Waals surface area contributed by atoms with E-state index in [1.165, 1.54) is 0 Å². The topological polar surface area (TPSA) is 85.6 Å². The van der Waals surface area contributed by atoms with E-state index < -0.39 is 0 Å². The molecule has 0 radical (unpaired) electrons. The number of aromatic nitrogens is 5. The molecule has 0 fully saturated rings. The number of benzene rings is 2. The number of fused-ring (bicyclic) bond motifs is 4. The number of aryl methyl sites for hydroxylation is 1. The highest BCUT2D eigenvalue weighted by Crippen LogP contribution is 2.28. The van der Waals surface area contributed by atoms with E-state index in [1.54, 1.807) is 18.5 Å². The predicted octanol–water partition coefficient (Wildman–Crippen LogP) is 3.56. The van der Waals surface area contributed by atoms with Crippen LogP contribution in [-0.2, 0) is 11.3 Å². The lowest BCUT2D eigenvalue weighted by molar-refractivity contribution is -0.116. The van der Waals surface area contributed by atoms with Crippen molar-refractivity contribution < 1.29 is 4.79 Å². The van der Waals surface area contributed by atoms with Crippen LogP contribution in [0.25, 0.3) is 33.1 Å². The highest BCUT2D eigenvalue weighted by molar-refractivity contribution is 6.06. The first-order chi connectivity index (χ1) is 13.8. The van der Waals surface area contributed by atoms with Gasteiger partial charge in [-0.15, -0.1) is 0 Å². The molecule has 3 aromatic heterocycles. The Balaban J connectivity index is 1.54. The van der Waals surface area contributed by atoms with E-state index in [0.29, 0.717) is 12.5 Å². The standard InChI is InChI=1S/C21H16N6O/c28-18(26-21-22-11-5-12-23-21)10-13-27-17-9-4-1-6-14(17)19-20(27)25-16-8-3-2-7-15(16)24-19/h1-9,11-12H,10,13H2,(H,22,23,26,28). The van der Waals surface area contributed by atoms with E-state index in [-0.39, 0.29) is 12.3 Å². The van der Waals surface area contributed by atoms with Gasteiger partial charge in [-0.05, 0) is 24.3 Å². The van der Waals surface area contributed by atoms with Gasteiger partial charge in [-0.25, -0.2) is 19.9 Å². The number of nitrogens with one attached hydrogen (secondary N) is 1. The van der Waals surface area contributed by atoms with Crippen LogP contribution in [0, 0.1) is 0 Å². The van der Waals surface area contributed by atoms with Crippen molar-refractivity contribution in [3.05, 3.63) is 67.0 Å². The maximum absolute atomic E-state index is 12.4. The van der Waals surface area contributed by atoms with Gasteiger partial charge in [-0.1, -0.05) is 30.3 Å². The van der Waals surface area contributed by atoms with Gasteiger partial charge in [-0.3, -0.25) is 10.1 Å². The maximum Gasteiger partial charge on any atom is 0.229 e. The van der Waals surface area contributed by atoms with Crippen LogP contribution in [0.15, 0.2) is 67.0 Å². The Morgan fingerprint density at radius 1 is 0.893 bits per heavy atom. The highest BCUT2D eigenvalue weighted by Gasteiger charge is 2.15. The lowest BCUT2D eigenvalue weighted by atomic mass is 10.2. The van der Waals surface area contributed by atoms with Gasteiger partial charge in [0.25, 0.3) is 0 Å². The minimum Gasteiger partial charge on any atom is -0.323 e. The van der Waals surface area contributed by atoms with Crippen molar-refractivity contribution in [1.29, 1.82) is 0 Å². The number of anilines is 1. The van der Waals surface area contributed by atoms with Crippen molar-refractivity contribution in [3.63, 3.8) is 0 Å². The first-order valence-electron chi connectivity index (χ1n) is 9.00. The summed E-state index contributed by atoms with van der Waals surface area (Å²) in [5.41, 5.74) is 4.33. The van der Waals surface area contributed by atoms with E-state index in [9.17, 15) is 4.79 Å². The SMILES string of the molecule is O=C(CCn1c2ccccc2c2nc3ccccc3nc21)Nc1ncccn1. The van der Waals surface area contributed by atoms with Crippen molar-refractivity contribution in [2.45, 2.75) is 13.0 Å². The number of rotatable bonds is 4. The van der Waals surface area contributed by atoms with Crippen LogP contribution >= 0.6 is 0 Å². The molecule has 0 aliphatic rings. The zero-order valence-corrected chi connectivity index (χ0v) is 14.9. The molecule has 0 aliphatic carbocycles. The van der Waals surface area contributed by atoms with Crippen LogP contribution in [0.2, 0.25) is 0 Å². The summed E-state index contributed by atoms with van der Waals surface area (Å²) >= 11 is 0. The Hall–Kier alpha value is -3.87. The minimum absolute atomic E-state index is 0.147. The molecule has 0 atom stereocenters. The van der Waals surface area contributed by atoms with Crippen LogP contribution < -0.4 is 5.32 Å². The van der Waals surface area contributed by atoms with Gasteiger partial charge in [0.05, 0.1) is 16.6 Å². The molecule has 0 bridgehead atoms. The number of para-hydroxylation sites is 3. The molecule has 0 saturated carbocycles. The van der Waals surface area contributed by atoms with Crippen molar-refractivity contribution in [2.75, 3.05) is 5.32 Å². The largest absolute Gasteiger partial charge is 0.323 e. The number of carbonyl (C=O) groups excluding carboxylic acids is 1. The Bertz CT molecular complexity index is 1310. The van der Waals surface area contributed by atoms with E-state index >= 15 is 0 Å². The smallest absolute Gasteiger partial charge is 0.229 e. The summed E-state index contributed by atoms with van der Waals surface area (Å²) in [6.07, 6.45) is 3.47. The lowest BCUT2D eigenvalue weighted by Crippen LogP contribution is -2.16. The van der Waals surface area contributed by atoms with Crippen molar-refractivity contribution in [2.24, 2.45) is 0 Å². The molecule has 0 spiro atoms. The average Bonchev–Trinajstić information content (AvgIpc) is 3.04. The molecule has 0 aliphatic heterocycles. The molecule has 0 unspecified atom stereocenters. The van der Waals surface area contributed by atoms with Crippen LogP contribution in [0.1, 0.15) is 6.42 Å². The van der Waals surface area contributed by atoms with Crippen LogP contribution in [0.5, 0.6) is 0 Å². The quantitative estimate of drug-likeness (QED) is 0.524. The Morgan fingerprint density at radius 3 is 2.43 bits per heavy atom. The van der Waals surface area contributed by atoms with E-state index in [4.69, 9.17) is 9.97 Å². The van der Waals surface area contributed by atoms with Gasteiger partial charge in [0.15, 0.2) is 5.65 Å². The molecule has 7 nitrogen and oxygen atoms in total. The van der Waals surface area contributed by atoms with Gasteiger partial charge >= 0.3 is 0 Å². The van der Waals surface area contributed by atoms with Gasteiger partial charge in [-0.2, -0.15) is 0 Å². The highest BCUT2D eigenvalue weighted by atomic mass is 16.1. The van der Waals surface area contributed by atoms with Gasteiger partial charge < -0.3 is 4.57 Å². The third-order valence-corrected chi connectivity index (χ3v) is 4.64. The molecule has 5 rings (SSSR count). The van der Waals surface area contributed by atoms with Gasteiger partial charge in [0.2, 0.25) is 11.9 Å². The third kappa shape index (κ3) is 2.83. The molecule has 5 aromatic rings. The second-order valence-electron chi connectivity index (χ2n) is 6.42. The minimum atomic E-state index is -0.147. The fourth-order valence-corrected chi connectivity index (χ4v) is 3.37. The third-order valence-electron chi connectivity index (χ3n) is 4.64. The monoisotopic (exact) mass is 368 g/mol. The number of hydrogen-bond donors (Lipinski definition) is 1. The molecule has 1 N–H and O–H groups in total. The first kappa shape index (κ1) is 16.3. The summed E-state index contributed by atoms with van der Waals surface area (Å²) in [5.74, 6) is 0.159. The zero-order chi connectivity index (χ0) is 18.9. The predicted molar refractivity (Wildman–Crippen MR) is 108 cm³/mol. The second kappa shape index (κ2) is 6.70. The molecule has 1 amide bonds. The van der Waals surface area contributed by atoms with Crippen molar-refractivity contribution >= 4 is 45.0 Å². The summed E-state index contributed by atoms with van der Waals surface area (Å²) in [5, 5.41) is 3.75. The fourth-order valence-electron chi connectivity index (χ4n) is 3.37. The van der Waals surface area contributed by atoms with Crippen molar-refractivity contribution in [1.82, 2.24) is 24.5 Å². The fraction of sp³-hybridized carbons (Fsp3) is 0.0952. The zero-order valence-electron chi connectivity index (χ0n) is 14.9. The number of nitrogens with zero attached hydrogens (tertiary/aromatic N) is 5. The molecule has 136 valence electrons. The molecular weight excluding hydrogens is 352 g/mol. The summed E-state index contributed by atoms with van der Waals surface area (Å²) in [6.45, 7) is 0.482. The Kier molecular flexibility index (Phi) is 3.90. The van der Waals surface area contributed by atoms with Gasteiger partial charge in [0.1, 0.15) is 5.52 Å². The first-order valence-corrected chi connectivity index (χ1v) is 9.00. The van der Waals surface area contributed by atoms with E-state index in [2.05, 4.69) is 19.9 Å². The molecule has 0 saturated heterocycles. The Morgan fingerprint density at radius 2 is 1.61 bits per heavy atom. The maximum atomic E-state index is 12.4. The molecule has 2 aromatic carbocycles. The second-order valence-corrected chi connectivity index (χ2v) is 6.42. The molecule has 3 heterocycles. The summed E-state index contributed by atoms with van der Waals surface area (Å²) in [7, 11) is 0. The summed E-state index contributed by atoms with van der Waals surface area (Å²) in [4.78, 5) is 30.0. The lowest BCUT2D eigenvalue weighted by Gasteiger charge is -2.07. The molecule has 28 heavy (non-hydrogen) atoms. The number of hydrogen-bond acceptors (Lipinski definition) is 5. The average molecular weight is 368 g/mol.